The van der Waals surface area contributed by atoms with Crippen molar-refractivity contribution in [2.45, 2.75) is 82.7 Å². The number of amides is 3. The molecule has 0 spiro atoms. The summed E-state index contributed by atoms with van der Waals surface area (Å²) in [6.45, 7) is 13.3. The average molecular weight is 923 g/mol. The van der Waals surface area contributed by atoms with Crippen LogP contribution in [0.5, 0.6) is 0 Å². The fraction of sp³-hybridized carbons (Fsp3) is 0.543. The number of hydrogen-bond donors (Lipinski definition) is 3. The summed E-state index contributed by atoms with van der Waals surface area (Å²) in [6, 6.07) is 1.70. The SMILES string of the molecule is CC(C)(C)n1nc(-c2noc(C3CC3)c2-c2ncc(C3CN(C(=O)OCCN4CCC(CN5CCN(c6c(F)cc(NC7CCC(=O)NC7=O)cc6F)CC5)CC4)C3)cn2)c2c(N)ncnc21. The molecule has 21 heteroatoms. The van der Waals surface area contributed by atoms with Gasteiger partial charge in [-0.25, -0.2) is 38.2 Å². The van der Waals surface area contributed by atoms with E-state index in [4.69, 9.17) is 30.1 Å². The number of imide groups is 1. The van der Waals surface area contributed by atoms with Gasteiger partial charge in [-0.2, -0.15) is 5.10 Å². The summed E-state index contributed by atoms with van der Waals surface area (Å²) < 4.78 is 43.9. The van der Waals surface area contributed by atoms with Gasteiger partial charge in [0.2, 0.25) is 11.8 Å². The zero-order chi connectivity index (χ0) is 46.6. The number of hydrogen-bond acceptors (Lipinski definition) is 16. The van der Waals surface area contributed by atoms with E-state index < -0.39 is 23.6 Å². The van der Waals surface area contributed by atoms with Crippen LogP contribution >= 0.6 is 0 Å². The van der Waals surface area contributed by atoms with Crippen LogP contribution < -0.4 is 21.3 Å². The third-order valence-corrected chi connectivity index (χ3v) is 13.7. The summed E-state index contributed by atoms with van der Waals surface area (Å²) >= 11 is 0. The minimum Gasteiger partial charge on any atom is -0.448 e. The molecule has 8 heterocycles. The topological polar surface area (TPSA) is 219 Å². The Morgan fingerprint density at radius 1 is 0.910 bits per heavy atom. The van der Waals surface area contributed by atoms with Crippen molar-refractivity contribution in [2.75, 3.05) is 88.0 Å². The second-order valence-corrected chi connectivity index (χ2v) is 19.5. The average Bonchev–Trinajstić information content (AvgIpc) is 3.90. The minimum absolute atomic E-state index is 0.0585. The van der Waals surface area contributed by atoms with Crippen molar-refractivity contribution >= 4 is 46.1 Å². The van der Waals surface area contributed by atoms with Crippen molar-refractivity contribution in [3.05, 3.63) is 53.8 Å². The fourth-order valence-corrected chi connectivity index (χ4v) is 9.68. The molecule has 5 aliphatic rings. The van der Waals surface area contributed by atoms with E-state index in [1.165, 1.54) is 18.5 Å². The van der Waals surface area contributed by atoms with Crippen LogP contribution in [0.1, 0.15) is 82.5 Å². The van der Waals surface area contributed by atoms with Gasteiger partial charge in [-0.3, -0.25) is 24.7 Å². The van der Waals surface area contributed by atoms with Crippen molar-refractivity contribution in [2.24, 2.45) is 5.92 Å². The Labute approximate surface area is 385 Å². The number of carbonyl (C=O) groups excluding carboxylic acids is 3. The maximum atomic E-state index is 15.2. The number of nitrogen functional groups attached to an aromatic ring is 1. The van der Waals surface area contributed by atoms with E-state index in [-0.39, 0.29) is 53.6 Å². The van der Waals surface area contributed by atoms with E-state index in [9.17, 15) is 14.4 Å². The van der Waals surface area contributed by atoms with E-state index in [0.29, 0.717) is 98.0 Å². The summed E-state index contributed by atoms with van der Waals surface area (Å²) in [4.78, 5) is 63.0. The molecule has 1 unspecified atom stereocenters. The van der Waals surface area contributed by atoms with Crippen molar-refractivity contribution in [1.82, 2.24) is 54.9 Å². The monoisotopic (exact) mass is 922 g/mol. The number of piperazine rings is 1. The molecule has 10 rings (SSSR count). The Morgan fingerprint density at radius 2 is 1.63 bits per heavy atom. The summed E-state index contributed by atoms with van der Waals surface area (Å²) in [5, 5.41) is 15.1. The second kappa shape index (κ2) is 18.0. The number of benzene rings is 1. The van der Waals surface area contributed by atoms with E-state index in [2.05, 4.69) is 35.6 Å². The van der Waals surface area contributed by atoms with Crippen LogP contribution in [0.25, 0.3) is 33.8 Å². The Morgan fingerprint density at radius 3 is 2.30 bits per heavy atom. The van der Waals surface area contributed by atoms with Gasteiger partial charge in [0.1, 0.15) is 41.9 Å². The van der Waals surface area contributed by atoms with Gasteiger partial charge in [0.25, 0.3) is 0 Å². The molecule has 1 aromatic carbocycles. The molecule has 4 N–H and O–H groups in total. The molecule has 5 fully saturated rings. The zero-order valence-electron chi connectivity index (χ0n) is 38.0. The van der Waals surface area contributed by atoms with Crippen LogP contribution in [0.3, 0.4) is 0 Å². The Bertz CT molecular complexity index is 2640. The molecule has 4 aliphatic heterocycles. The number of anilines is 3. The smallest absolute Gasteiger partial charge is 0.409 e. The molecule has 5 aromatic rings. The molecule has 4 aromatic heterocycles. The third kappa shape index (κ3) is 9.22. The molecular weight excluding hydrogens is 867 g/mol. The fourth-order valence-electron chi connectivity index (χ4n) is 9.68. The highest BCUT2D eigenvalue weighted by molar-refractivity contribution is 6.02. The number of likely N-dealkylation sites (tertiary alicyclic amines) is 2. The Balaban J connectivity index is 0.658. The molecule has 67 heavy (non-hydrogen) atoms. The summed E-state index contributed by atoms with van der Waals surface area (Å²) in [6.07, 6.45) is 9.19. The summed E-state index contributed by atoms with van der Waals surface area (Å²) in [5.74, 6) is 0.108. The number of nitrogens with two attached hydrogens (primary N) is 1. The number of nitrogens with one attached hydrogen (secondary N) is 2. The standard InChI is InChI=1S/C46H56F2N14O5/c1-46(2,3)62-43-36(41(49)52-25-53-43)37(56-62)38-35(40(67-57-38)27-4-5-27)42-50-20-28(21-51-42)29-23-61(24-29)45(65)66-17-16-58-10-8-26(9-11-58)22-59-12-14-60(15-13-59)39-31(47)18-30(19-32(39)48)54-33-6-7-34(63)55-44(33)64/h18-21,25-27,29,33,54H,4-17,22-24H2,1-3H3,(H2,49,52,53)(H,55,63,64). The third-order valence-electron chi connectivity index (χ3n) is 13.7. The van der Waals surface area contributed by atoms with Gasteiger partial charge in [0.15, 0.2) is 28.9 Å². The van der Waals surface area contributed by atoms with Crippen LogP contribution in [-0.4, -0.2) is 146 Å². The number of nitrogens with zero attached hydrogens (tertiary/aromatic N) is 11. The number of piperidine rings is 2. The van der Waals surface area contributed by atoms with Gasteiger partial charge in [-0.15, -0.1) is 0 Å². The number of fused-ring (bicyclic) bond motifs is 1. The Hall–Kier alpha value is -6.35. The molecule has 1 saturated carbocycles. The van der Waals surface area contributed by atoms with Crippen LogP contribution in [0.2, 0.25) is 0 Å². The second-order valence-electron chi connectivity index (χ2n) is 19.5. The van der Waals surface area contributed by atoms with Crippen LogP contribution in [0.4, 0.5) is 30.8 Å². The molecular formula is C46H56F2N14O5. The molecule has 0 bridgehead atoms. The predicted octanol–water partition coefficient (Wildman–Crippen LogP) is 4.72. The van der Waals surface area contributed by atoms with Crippen LogP contribution in [0, 0.1) is 17.6 Å². The van der Waals surface area contributed by atoms with Gasteiger partial charge in [-0.1, -0.05) is 5.16 Å². The molecule has 1 atom stereocenters. The van der Waals surface area contributed by atoms with Gasteiger partial charge in [0.05, 0.1) is 16.5 Å². The molecule has 3 amide bonds. The first-order valence-corrected chi connectivity index (χ1v) is 23.3. The molecule has 354 valence electrons. The maximum absolute atomic E-state index is 15.2. The van der Waals surface area contributed by atoms with Crippen molar-refractivity contribution in [3.63, 3.8) is 0 Å². The number of halogens is 2. The van der Waals surface area contributed by atoms with Crippen molar-refractivity contribution in [1.29, 1.82) is 0 Å². The van der Waals surface area contributed by atoms with Gasteiger partial charge < -0.3 is 30.1 Å². The molecule has 4 saturated heterocycles. The maximum Gasteiger partial charge on any atom is 0.409 e. The molecule has 1 aliphatic carbocycles. The van der Waals surface area contributed by atoms with Crippen LogP contribution in [-0.2, 0) is 19.9 Å². The van der Waals surface area contributed by atoms with Gasteiger partial charge in [0, 0.05) is 88.7 Å². The van der Waals surface area contributed by atoms with Crippen molar-refractivity contribution < 1.29 is 32.4 Å². The first-order valence-electron chi connectivity index (χ1n) is 23.3. The Kier molecular flexibility index (Phi) is 12.0. The largest absolute Gasteiger partial charge is 0.448 e. The lowest BCUT2D eigenvalue weighted by Gasteiger charge is -2.40. The lowest BCUT2D eigenvalue weighted by Crippen LogP contribution is -2.50. The summed E-state index contributed by atoms with van der Waals surface area (Å²) in [7, 11) is 0. The first-order chi connectivity index (χ1) is 32.3. The minimum atomic E-state index is -0.726. The number of ether oxygens (including phenoxy) is 1. The van der Waals surface area contributed by atoms with Gasteiger partial charge in [-0.05, 0) is 89.6 Å². The van der Waals surface area contributed by atoms with E-state index in [1.807, 2.05) is 37.8 Å². The van der Waals surface area contributed by atoms with Crippen LogP contribution in [0.15, 0.2) is 35.4 Å². The number of rotatable bonds is 12. The normalized spacial score (nSPS) is 20.3. The van der Waals surface area contributed by atoms with Crippen molar-refractivity contribution in [3.8, 4) is 22.8 Å². The summed E-state index contributed by atoms with van der Waals surface area (Å²) in [5.41, 5.74) is 9.36. The first kappa shape index (κ1) is 44.5. The zero-order valence-corrected chi connectivity index (χ0v) is 38.0. The van der Waals surface area contributed by atoms with E-state index in [1.54, 1.807) is 9.80 Å². The number of aromatic nitrogens is 7. The molecule has 0 radical (unpaired) electrons. The van der Waals surface area contributed by atoms with E-state index >= 15 is 8.78 Å². The highest BCUT2D eigenvalue weighted by atomic mass is 19.1. The van der Waals surface area contributed by atoms with Gasteiger partial charge >= 0.3 is 6.09 Å². The lowest BCUT2D eigenvalue weighted by atomic mass is 9.94. The van der Waals surface area contributed by atoms with E-state index in [0.717, 1.165) is 56.6 Å². The highest BCUT2D eigenvalue weighted by Gasteiger charge is 2.38. The predicted molar refractivity (Wildman–Crippen MR) is 243 cm³/mol. The highest BCUT2D eigenvalue weighted by Crippen LogP contribution is 2.48. The quantitative estimate of drug-likeness (QED) is 0.144. The molecule has 19 nitrogen and oxygen atoms in total. The lowest BCUT2D eigenvalue weighted by molar-refractivity contribution is -0.133. The number of carbonyl (C=O) groups is 3.